The normalized spacial score (nSPS) is 11.7. The van der Waals surface area contributed by atoms with Crippen LogP contribution in [0, 0.1) is 0 Å². The molecule has 0 radical (unpaired) electrons. The Morgan fingerprint density at radius 3 is 1.45 bits per heavy atom. The van der Waals surface area contributed by atoms with Crippen molar-refractivity contribution in [2.75, 3.05) is 0 Å². The SMILES string of the molecule is CCCCCCCCCCCCCCCC/C=C/C=C/C=O. The number of carbonyl (C=O) groups is 1. The van der Waals surface area contributed by atoms with E-state index in [9.17, 15) is 4.79 Å². The van der Waals surface area contributed by atoms with E-state index in [0.717, 1.165) is 12.7 Å². The first-order chi connectivity index (χ1) is 10.9. The first-order valence-corrected chi connectivity index (χ1v) is 9.68. The van der Waals surface area contributed by atoms with E-state index in [1.807, 2.05) is 6.08 Å². The molecule has 0 saturated carbocycles. The molecule has 0 heterocycles. The standard InChI is InChI=1S/C21H38O/c1-2-3-4-5-6-7-8-9-10-11-12-13-14-15-16-17-18-19-20-21-22/h17-21H,2-16H2,1H3/b18-17+,20-19+. The van der Waals surface area contributed by atoms with Crippen molar-refractivity contribution < 1.29 is 4.79 Å². The Labute approximate surface area is 139 Å². The average molecular weight is 307 g/mol. The lowest BCUT2D eigenvalue weighted by Crippen LogP contribution is -1.83. The van der Waals surface area contributed by atoms with Crippen molar-refractivity contribution in [2.45, 2.75) is 103 Å². The molecule has 0 unspecified atom stereocenters. The molecule has 0 aromatic carbocycles. The Bertz CT molecular complexity index is 265. The third-order valence-corrected chi connectivity index (χ3v) is 4.16. The molecule has 0 N–H and O–H groups in total. The van der Waals surface area contributed by atoms with Gasteiger partial charge in [-0.1, -0.05) is 109 Å². The molecule has 128 valence electrons. The highest BCUT2D eigenvalue weighted by Gasteiger charge is 1.93. The molecular formula is C21H38O. The summed E-state index contributed by atoms with van der Waals surface area (Å²) in [7, 11) is 0. The molecular weight excluding hydrogens is 268 g/mol. The fraction of sp³-hybridized carbons (Fsp3) is 0.762. The summed E-state index contributed by atoms with van der Waals surface area (Å²) in [5, 5.41) is 0. The smallest absolute Gasteiger partial charge is 0.142 e. The van der Waals surface area contributed by atoms with Gasteiger partial charge in [0.2, 0.25) is 0 Å². The van der Waals surface area contributed by atoms with Gasteiger partial charge in [0.25, 0.3) is 0 Å². The second-order valence-corrected chi connectivity index (χ2v) is 6.33. The van der Waals surface area contributed by atoms with Crippen LogP contribution >= 0.6 is 0 Å². The molecule has 0 amide bonds. The van der Waals surface area contributed by atoms with Crippen LogP contribution < -0.4 is 0 Å². The van der Waals surface area contributed by atoms with Gasteiger partial charge in [-0.15, -0.1) is 0 Å². The van der Waals surface area contributed by atoms with Crippen molar-refractivity contribution >= 4 is 6.29 Å². The minimum Gasteiger partial charge on any atom is -0.299 e. The maximum absolute atomic E-state index is 10.1. The van der Waals surface area contributed by atoms with Crippen LogP contribution in [0.25, 0.3) is 0 Å². The van der Waals surface area contributed by atoms with E-state index < -0.39 is 0 Å². The summed E-state index contributed by atoms with van der Waals surface area (Å²) in [6, 6.07) is 0. The van der Waals surface area contributed by atoms with Gasteiger partial charge in [0.05, 0.1) is 0 Å². The summed E-state index contributed by atoms with van der Waals surface area (Å²) in [6.07, 6.45) is 29.2. The monoisotopic (exact) mass is 306 g/mol. The minimum absolute atomic E-state index is 0.816. The van der Waals surface area contributed by atoms with Gasteiger partial charge in [-0.2, -0.15) is 0 Å². The minimum atomic E-state index is 0.816. The molecule has 0 rings (SSSR count). The van der Waals surface area contributed by atoms with Crippen LogP contribution in [0.3, 0.4) is 0 Å². The van der Waals surface area contributed by atoms with Gasteiger partial charge >= 0.3 is 0 Å². The Kier molecular flexibility index (Phi) is 19.4. The van der Waals surface area contributed by atoms with Crippen LogP contribution in [0.15, 0.2) is 24.3 Å². The molecule has 0 bridgehead atoms. The van der Waals surface area contributed by atoms with Gasteiger partial charge < -0.3 is 0 Å². The second kappa shape index (κ2) is 20.1. The molecule has 1 heteroatoms. The summed E-state index contributed by atoms with van der Waals surface area (Å²) < 4.78 is 0. The van der Waals surface area contributed by atoms with Gasteiger partial charge in [-0.05, 0) is 18.9 Å². The zero-order valence-electron chi connectivity index (χ0n) is 14.9. The average Bonchev–Trinajstić information content (AvgIpc) is 2.54. The highest BCUT2D eigenvalue weighted by molar-refractivity contribution is 5.65. The Hall–Kier alpha value is -0.850. The zero-order chi connectivity index (χ0) is 16.1. The molecule has 0 aromatic rings. The number of hydrogen-bond acceptors (Lipinski definition) is 1. The topological polar surface area (TPSA) is 17.1 Å². The summed E-state index contributed by atoms with van der Waals surface area (Å²) in [5.41, 5.74) is 0. The number of rotatable bonds is 17. The number of aldehydes is 1. The molecule has 0 aliphatic heterocycles. The van der Waals surface area contributed by atoms with Crippen LogP contribution in [-0.4, -0.2) is 6.29 Å². The van der Waals surface area contributed by atoms with Crippen molar-refractivity contribution in [3.63, 3.8) is 0 Å². The maximum Gasteiger partial charge on any atom is 0.142 e. The van der Waals surface area contributed by atoms with Crippen LogP contribution in [0.4, 0.5) is 0 Å². The molecule has 0 aliphatic carbocycles. The largest absolute Gasteiger partial charge is 0.299 e. The molecule has 0 fully saturated rings. The first-order valence-electron chi connectivity index (χ1n) is 9.68. The molecule has 0 spiro atoms. The predicted octanol–water partition coefficient (Wildman–Crippen LogP) is 7.17. The lowest BCUT2D eigenvalue weighted by molar-refractivity contribution is -0.104. The van der Waals surface area contributed by atoms with E-state index in [2.05, 4.69) is 13.0 Å². The third-order valence-electron chi connectivity index (χ3n) is 4.16. The fourth-order valence-corrected chi connectivity index (χ4v) is 2.74. The van der Waals surface area contributed by atoms with Gasteiger partial charge in [0, 0.05) is 0 Å². The van der Waals surface area contributed by atoms with Crippen molar-refractivity contribution in [3.05, 3.63) is 24.3 Å². The maximum atomic E-state index is 10.1. The van der Waals surface area contributed by atoms with E-state index in [1.54, 1.807) is 6.08 Å². The third kappa shape index (κ3) is 19.1. The Balaban J connectivity index is 3.04. The molecule has 0 aromatic heterocycles. The molecule has 0 saturated heterocycles. The highest BCUT2D eigenvalue weighted by Crippen LogP contribution is 2.13. The zero-order valence-corrected chi connectivity index (χ0v) is 14.9. The Morgan fingerprint density at radius 2 is 1.00 bits per heavy atom. The van der Waals surface area contributed by atoms with Crippen molar-refractivity contribution in [1.82, 2.24) is 0 Å². The summed E-state index contributed by atoms with van der Waals surface area (Å²) in [5.74, 6) is 0. The Morgan fingerprint density at radius 1 is 0.545 bits per heavy atom. The van der Waals surface area contributed by atoms with Gasteiger partial charge in [0.15, 0.2) is 0 Å². The highest BCUT2D eigenvalue weighted by atomic mass is 16.1. The van der Waals surface area contributed by atoms with Crippen molar-refractivity contribution in [1.29, 1.82) is 0 Å². The number of carbonyl (C=O) groups excluding carboxylic acids is 1. The van der Waals surface area contributed by atoms with E-state index in [4.69, 9.17) is 0 Å². The molecule has 1 nitrogen and oxygen atoms in total. The summed E-state index contributed by atoms with van der Waals surface area (Å²) >= 11 is 0. The van der Waals surface area contributed by atoms with Gasteiger partial charge in [-0.25, -0.2) is 0 Å². The summed E-state index contributed by atoms with van der Waals surface area (Å²) in [6.45, 7) is 2.28. The van der Waals surface area contributed by atoms with E-state index >= 15 is 0 Å². The van der Waals surface area contributed by atoms with E-state index in [-0.39, 0.29) is 0 Å². The summed E-state index contributed by atoms with van der Waals surface area (Å²) in [4.78, 5) is 10.1. The quantitative estimate of drug-likeness (QED) is 0.120. The second-order valence-electron chi connectivity index (χ2n) is 6.33. The number of allylic oxidation sites excluding steroid dienone is 4. The van der Waals surface area contributed by atoms with Crippen LogP contribution in [0.5, 0.6) is 0 Å². The van der Waals surface area contributed by atoms with Crippen LogP contribution in [0.2, 0.25) is 0 Å². The molecule has 0 aliphatic rings. The lowest BCUT2D eigenvalue weighted by atomic mass is 10.0. The number of hydrogen-bond donors (Lipinski definition) is 0. The van der Waals surface area contributed by atoms with Crippen molar-refractivity contribution in [3.8, 4) is 0 Å². The van der Waals surface area contributed by atoms with Crippen LogP contribution in [0.1, 0.15) is 103 Å². The van der Waals surface area contributed by atoms with Gasteiger partial charge in [-0.3, -0.25) is 4.79 Å². The van der Waals surface area contributed by atoms with E-state index in [1.165, 1.54) is 96.0 Å². The molecule has 22 heavy (non-hydrogen) atoms. The van der Waals surface area contributed by atoms with Gasteiger partial charge in [0.1, 0.15) is 6.29 Å². The van der Waals surface area contributed by atoms with Crippen molar-refractivity contribution in [2.24, 2.45) is 0 Å². The fourth-order valence-electron chi connectivity index (χ4n) is 2.74. The first kappa shape index (κ1) is 21.1. The van der Waals surface area contributed by atoms with E-state index in [0.29, 0.717) is 0 Å². The number of unbranched alkanes of at least 4 members (excludes halogenated alkanes) is 14. The lowest BCUT2D eigenvalue weighted by Gasteiger charge is -2.02. The van der Waals surface area contributed by atoms with Crippen LogP contribution in [-0.2, 0) is 4.79 Å². The molecule has 0 atom stereocenters. The predicted molar refractivity (Wildman–Crippen MR) is 99.3 cm³/mol.